The van der Waals surface area contributed by atoms with Crippen LogP contribution in [-0.4, -0.2) is 22.7 Å². The molecular formula is C12H10N2O3S. The number of carboxylic acid groups (broad SMARTS) is 1. The topological polar surface area (TPSA) is 96.3 Å². The fourth-order valence-electron chi connectivity index (χ4n) is 1.18. The molecule has 5 nitrogen and oxygen atoms in total. The summed E-state index contributed by atoms with van der Waals surface area (Å²) in [6.45, 7) is -0.459. The first-order valence-corrected chi connectivity index (χ1v) is 5.30. The standard InChI is InChI=1S/C12H10N2O3S/c13-6-9(12(14)18)5-8-3-1-2-4-10(8)17-7-11(15)16/h1-5H,7H2,(H2,14,18)(H,15,16)/b9-5+. The number of ether oxygens (including phenoxy) is 1. The number of rotatable bonds is 5. The lowest BCUT2D eigenvalue weighted by Gasteiger charge is -2.07. The number of aliphatic carboxylic acids is 1. The quantitative estimate of drug-likeness (QED) is 0.472. The number of nitrogens with zero attached hydrogens (tertiary/aromatic N) is 1. The van der Waals surface area contributed by atoms with Crippen molar-refractivity contribution in [1.82, 2.24) is 0 Å². The van der Waals surface area contributed by atoms with E-state index in [1.165, 1.54) is 6.08 Å². The van der Waals surface area contributed by atoms with E-state index in [1.54, 1.807) is 24.3 Å². The third-order valence-electron chi connectivity index (χ3n) is 1.96. The monoisotopic (exact) mass is 262 g/mol. The highest BCUT2D eigenvalue weighted by Crippen LogP contribution is 2.20. The SMILES string of the molecule is N#C/C(=C\c1ccccc1OCC(=O)O)C(N)=S. The first-order valence-electron chi connectivity index (χ1n) is 4.90. The number of nitrogens with two attached hydrogens (primary N) is 1. The van der Waals surface area contributed by atoms with E-state index >= 15 is 0 Å². The Balaban J connectivity index is 3.06. The van der Waals surface area contributed by atoms with Crippen molar-refractivity contribution in [1.29, 1.82) is 5.26 Å². The molecule has 0 aliphatic carbocycles. The number of thiocarbonyl (C=S) groups is 1. The molecule has 1 aromatic rings. The van der Waals surface area contributed by atoms with E-state index in [0.29, 0.717) is 11.3 Å². The molecule has 6 heteroatoms. The van der Waals surface area contributed by atoms with Gasteiger partial charge in [0, 0.05) is 5.56 Å². The maximum atomic E-state index is 10.4. The van der Waals surface area contributed by atoms with Crippen molar-refractivity contribution in [2.75, 3.05) is 6.61 Å². The van der Waals surface area contributed by atoms with Gasteiger partial charge < -0.3 is 15.6 Å². The van der Waals surface area contributed by atoms with E-state index in [9.17, 15) is 4.79 Å². The van der Waals surface area contributed by atoms with Crippen molar-refractivity contribution in [3.05, 3.63) is 35.4 Å². The summed E-state index contributed by atoms with van der Waals surface area (Å²) in [5, 5.41) is 17.4. The number of hydrogen-bond acceptors (Lipinski definition) is 4. The van der Waals surface area contributed by atoms with Crippen molar-refractivity contribution in [2.24, 2.45) is 5.73 Å². The van der Waals surface area contributed by atoms with Gasteiger partial charge in [-0.15, -0.1) is 0 Å². The Hall–Kier alpha value is -2.39. The molecule has 1 aromatic carbocycles. The molecule has 0 aliphatic heterocycles. The van der Waals surface area contributed by atoms with E-state index in [4.69, 9.17) is 33.1 Å². The minimum absolute atomic E-state index is 0.0227. The van der Waals surface area contributed by atoms with Crippen molar-refractivity contribution in [3.63, 3.8) is 0 Å². The molecule has 0 heterocycles. The fourth-order valence-corrected chi connectivity index (χ4v) is 1.29. The van der Waals surface area contributed by atoms with Crippen LogP contribution in [0, 0.1) is 11.3 Å². The third kappa shape index (κ3) is 3.88. The molecule has 0 saturated carbocycles. The number of hydrogen-bond donors (Lipinski definition) is 2. The second-order valence-corrected chi connectivity index (χ2v) is 3.69. The second kappa shape index (κ2) is 6.37. The molecule has 3 N–H and O–H groups in total. The van der Waals surface area contributed by atoms with Crippen LogP contribution in [0.3, 0.4) is 0 Å². The predicted molar refractivity (Wildman–Crippen MR) is 69.9 cm³/mol. The van der Waals surface area contributed by atoms with Crippen LogP contribution in [0.15, 0.2) is 29.8 Å². The minimum atomic E-state index is -1.08. The van der Waals surface area contributed by atoms with E-state index < -0.39 is 12.6 Å². The van der Waals surface area contributed by atoms with Crippen molar-refractivity contribution in [2.45, 2.75) is 0 Å². The molecule has 0 spiro atoms. The zero-order chi connectivity index (χ0) is 13.5. The van der Waals surface area contributed by atoms with Crippen LogP contribution in [0.4, 0.5) is 0 Å². The Morgan fingerprint density at radius 2 is 2.22 bits per heavy atom. The molecule has 0 aromatic heterocycles. The zero-order valence-corrected chi connectivity index (χ0v) is 10.1. The van der Waals surface area contributed by atoms with Crippen LogP contribution in [-0.2, 0) is 4.79 Å². The van der Waals surface area contributed by atoms with Crippen LogP contribution >= 0.6 is 12.2 Å². The van der Waals surface area contributed by atoms with Crippen molar-refractivity contribution >= 4 is 29.3 Å². The van der Waals surface area contributed by atoms with Gasteiger partial charge in [-0.2, -0.15) is 5.26 Å². The smallest absolute Gasteiger partial charge is 0.341 e. The summed E-state index contributed by atoms with van der Waals surface area (Å²) >= 11 is 4.72. The normalized spacial score (nSPS) is 10.5. The average molecular weight is 262 g/mol. The van der Waals surface area contributed by atoms with Gasteiger partial charge in [-0.25, -0.2) is 4.79 Å². The highest BCUT2D eigenvalue weighted by molar-refractivity contribution is 7.80. The van der Waals surface area contributed by atoms with E-state index in [0.717, 1.165) is 0 Å². The van der Waals surface area contributed by atoms with Crippen LogP contribution in [0.5, 0.6) is 5.75 Å². The van der Waals surface area contributed by atoms with E-state index in [2.05, 4.69) is 0 Å². The Kier molecular flexibility index (Phi) is 4.84. The summed E-state index contributed by atoms with van der Waals surface area (Å²) in [5.41, 5.74) is 6.05. The predicted octanol–water partition coefficient (Wildman–Crippen LogP) is 1.34. The molecule has 0 atom stereocenters. The number of carboxylic acids is 1. The zero-order valence-electron chi connectivity index (χ0n) is 9.29. The lowest BCUT2D eigenvalue weighted by atomic mass is 10.1. The van der Waals surface area contributed by atoms with E-state index in [1.807, 2.05) is 6.07 Å². The summed E-state index contributed by atoms with van der Waals surface area (Å²) < 4.78 is 5.09. The van der Waals surface area contributed by atoms with Gasteiger partial charge in [-0.1, -0.05) is 30.4 Å². The fraction of sp³-hybridized carbons (Fsp3) is 0.0833. The third-order valence-corrected chi connectivity index (χ3v) is 2.18. The second-order valence-electron chi connectivity index (χ2n) is 3.25. The highest BCUT2D eigenvalue weighted by atomic mass is 32.1. The van der Waals surface area contributed by atoms with Gasteiger partial charge in [-0.3, -0.25) is 0 Å². The first kappa shape index (κ1) is 13.7. The van der Waals surface area contributed by atoms with Gasteiger partial charge in [0.05, 0.1) is 5.57 Å². The molecule has 0 saturated heterocycles. The Morgan fingerprint density at radius 3 is 2.78 bits per heavy atom. The molecule has 0 unspecified atom stereocenters. The van der Waals surface area contributed by atoms with Gasteiger partial charge in [0.15, 0.2) is 6.61 Å². The minimum Gasteiger partial charge on any atom is -0.481 e. The number of nitriles is 1. The largest absolute Gasteiger partial charge is 0.481 e. The number of benzene rings is 1. The van der Waals surface area contributed by atoms with Crippen molar-refractivity contribution in [3.8, 4) is 11.8 Å². The maximum Gasteiger partial charge on any atom is 0.341 e. The highest BCUT2D eigenvalue weighted by Gasteiger charge is 2.06. The summed E-state index contributed by atoms with van der Waals surface area (Å²) in [5.74, 6) is -0.729. The van der Waals surface area contributed by atoms with Gasteiger partial charge in [0.2, 0.25) is 0 Å². The Labute approximate surface area is 109 Å². The summed E-state index contributed by atoms with van der Waals surface area (Å²) in [6, 6.07) is 8.56. The summed E-state index contributed by atoms with van der Waals surface area (Å²) in [7, 11) is 0. The van der Waals surface area contributed by atoms with Gasteiger partial charge in [-0.05, 0) is 12.1 Å². The van der Waals surface area contributed by atoms with Gasteiger partial charge >= 0.3 is 5.97 Å². The van der Waals surface area contributed by atoms with Crippen molar-refractivity contribution < 1.29 is 14.6 Å². The van der Waals surface area contributed by atoms with Gasteiger partial charge in [0.25, 0.3) is 0 Å². The molecule has 0 amide bonds. The van der Waals surface area contributed by atoms with Crippen LogP contribution < -0.4 is 10.5 Å². The average Bonchev–Trinajstić information content (AvgIpc) is 2.34. The molecule has 1 rings (SSSR count). The molecule has 0 fully saturated rings. The Morgan fingerprint density at radius 1 is 1.56 bits per heavy atom. The molecule has 92 valence electrons. The molecule has 0 radical (unpaired) electrons. The number of para-hydroxylation sites is 1. The molecular weight excluding hydrogens is 252 g/mol. The Bertz CT molecular complexity index is 546. The lowest BCUT2D eigenvalue weighted by molar-refractivity contribution is -0.139. The van der Waals surface area contributed by atoms with Crippen LogP contribution in [0.25, 0.3) is 6.08 Å². The maximum absolute atomic E-state index is 10.4. The summed E-state index contributed by atoms with van der Waals surface area (Å²) in [4.78, 5) is 10.4. The van der Waals surface area contributed by atoms with Crippen LogP contribution in [0.1, 0.15) is 5.56 Å². The summed E-state index contributed by atoms with van der Waals surface area (Å²) in [6.07, 6.45) is 1.46. The molecule has 0 aliphatic rings. The first-order chi connectivity index (χ1) is 8.54. The molecule has 0 bridgehead atoms. The van der Waals surface area contributed by atoms with E-state index in [-0.39, 0.29) is 10.6 Å². The van der Waals surface area contributed by atoms with Gasteiger partial charge in [0.1, 0.15) is 16.8 Å². The number of carbonyl (C=O) groups is 1. The van der Waals surface area contributed by atoms with Crippen LogP contribution in [0.2, 0.25) is 0 Å². The molecule has 18 heavy (non-hydrogen) atoms. The lowest BCUT2D eigenvalue weighted by Crippen LogP contribution is -2.11.